The first-order chi connectivity index (χ1) is 11.5. The zero-order valence-corrected chi connectivity index (χ0v) is 20.6. The van der Waals surface area contributed by atoms with Gasteiger partial charge in [-0.3, -0.25) is 0 Å². The van der Waals surface area contributed by atoms with Gasteiger partial charge in [0.05, 0.1) is 5.70 Å². The molecule has 0 saturated heterocycles. The number of halogens is 2. The van der Waals surface area contributed by atoms with E-state index in [0.29, 0.717) is 17.6 Å². The van der Waals surface area contributed by atoms with Crippen LogP contribution in [0.25, 0.3) is 6.08 Å². The van der Waals surface area contributed by atoms with Gasteiger partial charge in [-0.1, -0.05) is 55.6 Å². The summed E-state index contributed by atoms with van der Waals surface area (Å²) in [5.41, 5.74) is 3.64. The second-order valence-electron chi connectivity index (χ2n) is 5.89. The van der Waals surface area contributed by atoms with Gasteiger partial charge in [0, 0.05) is 27.3 Å². The Kier molecular flexibility index (Phi) is 8.12. The van der Waals surface area contributed by atoms with E-state index >= 15 is 0 Å². The van der Waals surface area contributed by atoms with Gasteiger partial charge in [0.25, 0.3) is 0 Å². The van der Waals surface area contributed by atoms with Crippen molar-refractivity contribution in [2.24, 2.45) is 5.92 Å². The number of benzene rings is 1. The molecule has 0 spiro atoms. The molecule has 2 N–H and O–H groups in total. The SMILES string of the molecule is CNC1=C(O)C=CC(C2C=Cc3ccccc32)C1=[Si](C)C.[Br][Zr][Br]. The fourth-order valence-electron chi connectivity index (χ4n) is 3.41. The molecular formula is C18H21Br2NOSiZr. The molecule has 0 radical (unpaired) electrons. The second-order valence-corrected chi connectivity index (χ2v) is 19.8. The number of fused-ring (bicyclic) bond motifs is 1. The molecule has 0 aliphatic heterocycles. The van der Waals surface area contributed by atoms with Crippen molar-refractivity contribution >= 4 is 44.1 Å². The van der Waals surface area contributed by atoms with E-state index in [0.717, 1.165) is 5.70 Å². The molecule has 1 aromatic carbocycles. The van der Waals surface area contributed by atoms with E-state index in [-0.39, 0.29) is 18.5 Å². The quantitative estimate of drug-likeness (QED) is 0.502. The Labute approximate surface area is 168 Å². The van der Waals surface area contributed by atoms with Crippen LogP contribution < -0.4 is 5.32 Å². The third-order valence-electron chi connectivity index (χ3n) is 4.33. The van der Waals surface area contributed by atoms with Gasteiger partial charge < -0.3 is 10.4 Å². The Morgan fingerprint density at radius 3 is 2.33 bits per heavy atom. The minimum atomic E-state index is -0.663. The summed E-state index contributed by atoms with van der Waals surface area (Å²) in [7, 11) is 1.23. The number of aliphatic hydroxyl groups excluding tert-OH is 1. The summed E-state index contributed by atoms with van der Waals surface area (Å²) < 4.78 is 0. The maximum atomic E-state index is 10.2. The molecule has 2 nitrogen and oxygen atoms in total. The molecule has 2 aliphatic rings. The summed E-state index contributed by atoms with van der Waals surface area (Å²) >= 11 is 6.32. The van der Waals surface area contributed by atoms with E-state index in [2.05, 4.69) is 85.3 Å². The van der Waals surface area contributed by atoms with E-state index in [1.807, 2.05) is 13.1 Å². The van der Waals surface area contributed by atoms with Crippen molar-refractivity contribution in [3.05, 3.63) is 65.1 Å². The van der Waals surface area contributed by atoms with Crippen LogP contribution in [0.15, 0.2) is 53.9 Å². The zero-order valence-electron chi connectivity index (χ0n) is 14.0. The van der Waals surface area contributed by atoms with E-state index < -0.39 is 8.41 Å². The van der Waals surface area contributed by atoms with Crippen LogP contribution in [0.5, 0.6) is 0 Å². The predicted molar refractivity (Wildman–Crippen MR) is 110 cm³/mol. The van der Waals surface area contributed by atoms with E-state index in [1.54, 1.807) is 0 Å². The normalized spacial score (nSPS) is 21.1. The van der Waals surface area contributed by atoms with Crippen molar-refractivity contribution in [1.29, 1.82) is 0 Å². The molecule has 126 valence electrons. The van der Waals surface area contributed by atoms with E-state index in [9.17, 15) is 5.11 Å². The molecule has 3 rings (SSSR count). The number of hydrogen-bond donors (Lipinski definition) is 2. The van der Waals surface area contributed by atoms with Crippen molar-refractivity contribution < 1.29 is 23.6 Å². The molecule has 1 aromatic rings. The summed E-state index contributed by atoms with van der Waals surface area (Å²) in [6.07, 6.45) is 8.54. The molecule has 2 unspecified atom stereocenters. The first kappa shape index (κ1) is 20.3. The summed E-state index contributed by atoms with van der Waals surface area (Å²) in [4.78, 5) is 0. The standard InChI is InChI=1S/C18H21NOSi.2BrH.Zr/c1-19-17-16(20)11-10-15(18(17)21(2)3)14-9-8-12-6-4-5-7-13(12)14;;;/h4-11,14-15,19-20H,1-3H3;2*1H;/q;;;+2/p-2. The predicted octanol–water partition coefficient (Wildman–Crippen LogP) is 5.17. The Balaban J connectivity index is 0.000000647. The molecule has 0 saturated carbocycles. The average molecular weight is 546 g/mol. The van der Waals surface area contributed by atoms with Gasteiger partial charge in [-0.15, -0.1) is 0 Å². The number of hydrogen-bond acceptors (Lipinski definition) is 2. The number of nitrogens with one attached hydrogen (secondary N) is 1. The zero-order chi connectivity index (χ0) is 17.7. The first-order valence-electron chi connectivity index (χ1n) is 7.75. The van der Waals surface area contributed by atoms with Crippen LogP contribution >= 0.6 is 24.4 Å². The van der Waals surface area contributed by atoms with Gasteiger partial charge in [-0.05, 0) is 22.4 Å². The van der Waals surface area contributed by atoms with Gasteiger partial charge in [0.2, 0.25) is 0 Å². The van der Waals surface area contributed by atoms with Gasteiger partial charge in [0.1, 0.15) is 5.76 Å². The van der Waals surface area contributed by atoms with Crippen LogP contribution in [0.4, 0.5) is 0 Å². The maximum absolute atomic E-state index is 10.2. The van der Waals surface area contributed by atoms with Gasteiger partial charge in [0.15, 0.2) is 0 Å². The van der Waals surface area contributed by atoms with Crippen molar-refractivity contribution in [1.82, 2.24) is 5.32 Å². The van der Waals surface area contributed by atoms with Crippen LogP contribution in [-0.2, 0) is 18.5 Å². The van der Waals surface area contributed by atoms with Gasteiger partial charge in [-0.2, -0.15) is 0 Å². The monoisotopic (exact) mass is 543 g/mol. The molecule has 0 amide bonds. The van der Waals surface area contributed by atoms with E-state index in [1.165, 1.54) is 16.3 Å². The third kappa shape index (κ3) is 4.38. The van der Waals surface area contributed by atoms with Gasteiger partial charge in [-0.25, -0.2) is 0 Å². The third-order valence-corrected chi connectivity index (χ3v) is 5.99. The molecule has 0 bridgehead atoms. The van der Waals surface area contributed by atoms with Crippen LogP contribution in [0.2, 0.25) is 13.1 Å². The van der Waals surface area contributed by atoms with E-state index in [4.69, 9.17) is 0 Å². The molecule has 2 aliphatic carbocycles. The molecule has 6 heteroatoms. The van der Waals surface area contributed by atoms with Crippen LogP contribution in [0, 0.1) is 5.92 Å². The summed E-state index contributed by atoms with van der Waals surface area (Å²) in [6.45, 7) is 4.59. The van der Waals surface area contributed by atoms with Crippen LogP contribution in [0.3, 0.4) is 0 Å². The van der Waals surface area contributed by atoms with Crippen LogP contribution in [0.1, 0.15) is 17.0 Å². The summed E-state index contributed by atoms with van der Waals surface area (Å²) in [5.74, 6) is 1.08. The molecular weight excluding hydrogens is 525 g/mol. The molecule has 0 fully saturated rings. The van der Waals surface area contributed by atoms with Crippen molar-refractivity contribution in [2.75, 3.05) is 7.05 Å². The molecule has 0 heterocycles. The minimum absolute atomic E-state index is 0.145. The Morgan fingerprint density at radius 2 is 1.71 bits per heavy atom. The first-order valence-corrected chi connectivity index (χ1v) is 21.5. The Hall–Kier alpha value is -0.0300. The number of aliphatic hydroxyl groups is 1. The second kappa shape index (κ2) is 9.61. The van der Waals surface area contributed by atoms with Crippen LogP contribution in [-0.4, -0.2) is 25.7 Å². The number of rotatable bonds is 2. The van der Waals surface area contributed by atoms with Crippen molar-refractivity contribution in [3.8, 4) is 0 Å². The molecule has 2 atom stereocenters. The average Bonchev–Trinajstić information content (AvgIpc) is 2.99. The molecule has 24 heavy (non-hydrogen) atoms. The summed E-state index contributed by atoms with van der Waals surface area (Å²) in [6, 6.07) is 8.60. The van der Waals surface area contributed by atoms with Crippen molar-refractivity contribution in [3.63, 3.8) is 0 Å². The van der Waals surface area contributed by atoms with Crippen molar-refractivity contribution in [2.45, 2.75) is 19.0 Å². The fraction of sp³-hybridized carbons (Fsp3) is 0.278. The van der Waals surface area contributed by atoms with Gasteiger partial charge >= 0.3 is 43.0 Å². The summed E-state index contributed by atoms with van der Waals surface area (Å²) in [5, 5.41) is 14.7. The Morgan fingerprint density at radius 1 is 1.08 bits per heavy atom. The number of allylic oxidation sites excluding steroid dienone is 4. The topological polar surface area (TPSA) is 32.3 Å². The molecule has 0 aromatic heterocycles. The fourth-order valence-corrected chi connectivity index (χ4v) is 5.11. The Bertz CT molecular complexity index is 723.